The van der Waals surface area contributed by atoms with Gasteiger partial charge in [-0.3, -0.25) is 0 Å². The van der Waals surface area contributed by atoms with E-state index in [1.807, 2.05) is 41.9 Å². The van der Waals surface area contributed by atoms with Crippen molar-refractivity contribution in [2.45, 2.75) is 24.3 Å². The highest BCUT2D eigenvalue weighted by Crippen LogP contribution is 2.26. The highest BCUT2D eigenvalue weighted by Gasteiger charge is 2.14. The molecular weight excluding hydrogens is 358 g/mol. The van der Waals surface area contributed by atoms with Crippen LogP contribution in [0.4, 0.5) is 0 Å². The summed E-state index contributed by atoms with van der Waals surface area (Å²) in [6, 6.07) is 18.3. The Morgan fingerprint density at radius 1 is 1.00 bits per heavy atom. The van der Waals surface area contributed by atoms with Crippen LogP contribution in [0.25, 0.3) is 11.4 Å². The third-order valence-electron chi connectivity index (χ3n) is 4.26. The van der Waals surface area contributed by atoms with Gasteiger partial charge in [0.05, 0.1) is 5.75 Å². The maximum absolute atomic E-state index is 5.37. The summed E-state index contributed by atoms with van der Waals surface area (Å²) in [6.45, 7) is 2.07. The molecule has 27 heavy (non-hydrogen) atoms. The van der Waals surface area contributed by atoms with E-state index in [2.05, 4.69) is 51.5 Å². The number of aryl methyl sites for hydroxylation is 1. The lowest BCUT2D eigenvalue weighted by atomic mass is 10.1. The van der Waals surface area contributed by atoms with Crippen LogP contribution in [0.2, 0.25) is 0 Å². The highest BCUT2D eigenvalue weighted by molar-refractivity contribution is 7.98. The summed E-state index contributed by atoms with van der Waals surface area (Å²) < 4.78 is 7.36. The van der Waals surface area contributed by atoms with Gasteiger partial charge in [-0.2, -0.15) is 4.98 Å². The number of benzene rings is 2. The van der Waals surface area contributed by atoms with Crippen LogP contribution in [0.5, 0.6) is 0 Å². The maximum atomic E-state index is 5.37. The van der Waals surface area contributed by atoms with Crippen LogP contribution in [0.3, 0.4) is 0 Å². The van der Waals surface area contributed by atoms with Gasteiger partial charge in [0.1, 0.15) is 0 Å². The first kappa shape index (κ1) is 17.5. The second kappa shape index (κ2) is 7.75. The summed E-state index contributed by atoms with van der Waals surface area (Å²) in [5.41, 5.74) is 3.42. The molecule has 0 atom stereocenters. The van der Waals surface area contributed by atoms with Crippen molar-refractivity contribution >= 4 is 11.8 Å². The second-order valence-electron chi connectivity index (χ2n) is 6.24. The van der Waals surface area contributed by atoms with Crippen LogP contribution in [0.1, 0.15) is 22.8 Å². The van der Waals surface area contributed by atoms with E-state index in [1.165, 1.54) is 17.3 Å². The van der Waals surface area contributed by atoms with Gasteiger partial charge in [-0.15, -0.1) is 10.2 Å². The molecule has 0 aliphatic heterocycles. The Morgan fingerprint density at radius 2 is 1.78 bits per heavy atom. The van der Waals surface area contributed by atoms with Gasteiger partial charge in [0.2, 0.25) is 5.89 Å². The van der Waals surface area contributed by atoms with Crippen LogP contribution in [0, 0.1) is 6.92 Å². The fourth-order valence-corrected chi connectivity index (χ4v) is 3.57. The molecule has 0 saturated carbocycles. The quantitative estimate of drug-likeness (QED) is 0.472. The standard InChI is InChI=1S/C20H19N5OS/c1-14-8-6-7-11-16(14)19-22-23-20(25(19)2)27-13-18-21-17(24-26-18)12-15-9-4-3-5-10-15/h3-11H,12-13H2,1-2H3. The van der Waals surface area contributed by atoms with Crippen LogP contribution < -0.4 is 0 Å². The Bertz CT molecular complexity index is 1040. The van der Waals surface area contributed by atoms with Gasteiger partial charge in [-0.05, 0) is 18.1 Å². The summed E-state index contributed by atoms with van der Waals surface area (Å²) in [5.74, 6) is 2.69. The van der Waals surface area contributed by atoms with Crippen molar-refractivity contribution < 1.29 is 4.52 Å². The third-order valence-corrected chi connectivity index (χ3v) is 5.27. The van der Waals surface area contributed by atoms with E-state index in [-0.39, 0.29) is 0 Å². The summed E-state index contributed by atoms with van der Waals surface area (Å²) in [6.07, 6.45) is 0.663. The Morgan fingerprint density at radius 3 is 2.59 bits per heavy atom. The molecule has 2 aromatic carbocycles. The first-order valence-corrected chi connectivity index (χ1v) is 9.63. The molecule has 0 radical (unpaired) electrons. The molecule has 7 heteroatoms. The zero-order valence-corrected chi connectivity index (χ0v) is 16.0. The minimum absolute atomic E-state index is 0.557. The van der Waals surface area contributed by atoms with Gasteiger partial charge < -0.3 is 9.09 Å². The van der Waals surface area contributed by atoms with Crippen molar-refractivity contribution in [3.05, 3.63) is 77.4 Å². The van der Waals surface area contributed by atoms with Gasteiger partial charge in [-0.1, -0.05) is 71.5 Å². The van der Waals surface area contributed by atoms with E-state index < -0.39 is 0 Å². The lowest BCUT2D eigenvalue weighted by molar-refractivity contribution is 0.385. The minimum Gasteiger partial charge on any atom is -0.338 e. The van der Waals surface area contributed by atoms with Crippen molar-refractivity contribution in [2.24, 2.45) is 7.05 Å². The molecule has 0 saturated heterocycles. The molecule has 0 N–H and O–H groups in total. The third kappa shape index (κ3) is 3.93. The van der Waals surface area contributed by atoms with Crippen LogP contribution in [0.15, 0.2) is 64.3 Å². The first-order valence-electron chi connectivity index (χ1n) is 8.64. The lowest BCUT2D eigenvalue weighted by Crippen LogP contribution is -1.96. The molecule has 0 aliphatic carbocycles. The first-order chi connectivity index (χ1) is 13.2. The van der Waals surface area contributed by atoms with E-state index in [1.54, 1.807) is 0 Å². The summed E-state index contributed by atoms with van der Waals surface area (Å²) in [5, 5.41) is 13.5. The molecule has 0 unspecified atom stereocenters. The van der Waals surface area contributed by atoms with Crippen molar-refractivity contribution in [3.8, 4) is 11.4 Å². The molecule has 2 aromatic heterocycles. The number of hydrogen-bond acceptors (Lipinski definition) is 6. The van der Waals surface area contributed by atoms with Crippen molar-refractivity contribution in [1.29, 1.82) is 0 Å². The molecule has 0 fully saturated rings. The largest absolute Gasteiger partial charge is 0.338 e. The number of hydrogen-bond donors (Lipinski definition) is 0. The summed E-state index contributed by atoms with van der Waals surface area (Å²) in [4.78, 5) is 4.47. The van der Waals surface area contributed by atoms with Crippen LogP contribution in [-0.2, 0) is 19.2 Å². The Balaban J connectivity index is 1.43. The maximum Gasteiger partial charge on any atom is 0.237 e. The summed E-state index contributed by atoms with van der Waals surface area (Å²) >= 11 is 1.53. The number of rotatable bonds is 6. The molecule has 0 bridgehead atoms. The predicted molar refractivity (Wildman–Crippen MR) is 104 cm³/mol. The average Bonchev–Trinajstić information content (AvgIpc) is 3.28. The van der Waals surface area contributed by atoms with Gasteiger partial charge in [0.15, 0.2) is 16.8 Å². The molecule has 136 valence electrons. The van der Waals surface area contributed by atoms with Gasteiger partial charge in [0.25, 0.3) is 0 Å². The van der Waals surface area contributed by atoms with Crippen LogP contribution >= 0.6 is 11.8 Å². The zero-order chi connectivity index (χ0) is 18.6. The monoisotopic (exact) mass is 377 g/mol. The molecule has 0 aliphatic rings. The van der Waals surface area contributed by atoms with E-state index in [0.29, 0.717) is 23.9 Å². The highest BCUT2D eigenvalue weighted by atomic mass is 32.2. The molecule has 4 rings (SSSR count). The van der Waals surface area contributed by atoms with E-state index in [0.717, 1.165) is 22.1 Å². The molecule has 0 amide bonds. The van der Waals surface area contributed by atoms with Crippen LogP contribution in [-0.4, -0.2) is 24.9 Å². The Kier molecular flexibility index (Phi) is 5.02. The molecule has 6 nitrogen and oxygen atoms in total. The normalized spacial score (nSPS) is 11.0. The van der Waals surface area contributed by atoms with Gasteiger partial charge >= 0.3 is 0 Å². The fourth-order valence-electron chi connectivity index (χ4n) is 2.82. The SMILES string of the molecule is Cc1ccccc1-c1nnc(SCc2nc(Cc3ccccc3)no2)n1C. The van der Waals surface area contributed by atoms with Crippen molar-refractivity contribution in [3.63, 3.8) is 0 Å². The molecule has 2 heterocycles. The average molecular weight is 377 g/mol. The minimum atomic E-state index is 0.557. The predicted octanol–water partition coefficient (Wildman–Crippen LogP) is 4.06. The topological polar surface area (TPSA) is 69.6 Å². The van der Waals surface area contributed by atoms with Gasteiger partial charge in [0, 0.05) is 19.0 Å². The molecular formula is C20H19N5OS. The smallest absolute Gasteiger partial charge is 0.237 e. The molecule has 4 aromatic rings. The van der Waals surface area contributed by atoms with E-state index >= 15 is 0 Å². The summed E-state index contributed by atoms with van der Waals surface area (Å²) in [7, 11) is 1.97. The van der Waals surface area contributed by atoms with Gasteiger partial charge in [-0.25, -0.2) is 0 Å². The Labute approximate surface area is 161 Å². The lowest BCUT2D eigenvalue weighted by Gasteiger charge is -2.05. The zero-order valence-electron chi connectivity index (χ0n) is 15.2. The van der Waals surface area contributed by atoms with Crippen molar-refractivity contribution in [1.82, 2.24) is 24.9 Å². The Hall–Kier alpha value is -2.93. The van der Waals surface area contributed by atoms with E-state index in [9.17, 15) is 0 Å². The number of aromatic nitrogens is 5. The molecule has 0 spiro atoms. The second-order valence-corrected chi connectivity index (χ2v) is 7.18. The van der Waals surface area contributed by atoms with E-state index in [4.69, 9.17) is 4.52 Å². The fraction of sp³-hybridized carbons (Fsp3) is 0.200. The van der Waals surface area contributed by atoms with Crippen molar-refractivity contribution in [2.75, 3.05) is 0 Å². The number of nitrogens with zero attached hydrogens (tertiary/aromatic N) is 5. The number of thioether (sulfide) groups is 1.